The predicted octanol–water partition coefficient (Wildman–Crippen LogP) is 5.32. The zero-order valence-electron chi connectivity index (χ0n) is 20.2. The van der Waals surface area contributed by atoms with E-state index in [4.69, 9.17) is 4.74 Å². The molecule has 4 aromatic carbocycles. The summed E-state index contributed by atoms with van der Waals surface area (Å²) in [7, 11) is -3.87. The van der Waals surface area contributed by atoms with E-state index in [0.717, 1.165) is 5.56 Å². The summed E-state index contributed by atoms with van der Waals surface area (Å²) in [5.74, 6) is 0.129. The van der Waals surface area contributed by atoms with Gasteiger partial charge in [0, 0.05) is 24.2 Å². The Bertz CT molecular complexity index is 1520. The van der Waals surface area contributed by atoms with Crippen LogP contribution in [-0.2, 0) is 23.1 Å². The van der Waals surface area contributed by atoms with E-state index < -0.39 is 16.1 Å². The van der Waals surface area contributed by atoms with Crippen LogP contribution in [-0.4, -0.2) is 20.3 Å². The molecule has 4 rings (SSSR count). The zero-order valence-corrected chi connectivity index (χ0v) is 21.0. The molecule has 4 aromatic rings. The van der Waals surface area contributed by atoms with E-state index in [2.05, 4.69) is 10.0 Å². The molecule has 0 spiro atoms. The third kappa shape index (κ3) is 6.69. The molecule has 0 bridgehead atoms. The average molecular weight is 515 g/mol. The predicted molar refractivity (Wildman–Crippen MR) is 142 cm³/mol. The van der Waals surface area contributed by atoms with Crippen LogP contribution in [0.5, 0.6) is 5.75 Å². The summed E-state index contributed by atoms with van der Waals surface area (Å²) in [5, 5.41) is 2.74. The maximum absolute atomic E-state index is 12.9. The molecule has 0 aliphatic rings. The number of amides is 1. The van der Waals surface area contributed by atoms with E-state index in [-0.39, 0.29) is 17.2 Å². The Morgan fingerprint density at radius 3 is 2.19 bits per heavy atom. The smallest absolute Gasteiger partial charge is 0.410 e. The van der Waals surface area contributed by atoms with Crippen molar-refractivity contribution >= 4 is 21.9 Å². The highest BCUT2D eigenvalue weighted by molar-refractivity contribution is 7.89. The average Bonchev–Trinajstić information content (AvgIpc) is 2.92. The van der Waals surface area contributed by atoms with Gasteiger partial charge in [-0.2, -0.15) is 0 Å². The maximum Gasteiger partial charge on any atom is 0.412 e. The first kappa shape index (κ1) is 25.8. The summed E-state index contributed by atoms with van der Waals surface area (Å²) in [5.41, 5.74) is 3.31. The van der Waals surface area contributed by atoms with Gasteiger partial charge in [0.25, 0.3) is 0 Å². The van der Waals surface area contributed by atoms with Crippen molar-refractivity contribution < 1.29 is 22.7 Å². The van der Waals surface area contributed by atoms with E-state index >= 15 is 0 Å². The second kappa shape index (κ2) is 11.6. The number of ether oxygens (including phenoxy) is 1. The lowest BCUT2D eigenvalue weighted by Gasteiger charge is -2.15. The minimum atomic E-state index is -3.87. The number of benzene rings is 4. The lowest BCUT2D eigenvalue weighted by Crippen LogP contribution is -2.26. The highest BCUT2D eigenvalue weighted by Crippen LogP contribution is 2.32. The van der Waals surface area contributed by atoms with Gasteiger partial charge in [-0.3, -0.25) is 4.79 Å². The van der Waals surface area contributed by atoms with Crippen molar-refractivity contribution in [2.24, 2.45) is 0 Å². The molecule has 0 heterocycles. The van der Waals surface area contributed by atoms with Crippen LogP contribution in [0.2, 0.25) is 0 Å². The Labute approximate surface area is 216 Å². The van der Waals surface area contributed by atoms with Gasteiger partial charge in [-0.1, -0.05) is 84.9 Å². The number of carbonyl (C=O) groups excluding carboxylic acids is 2. The third-order valence-corrected chi connectivity index (χ3v) is 7.08. The van der Waals surface area contributed by atoms with Gasteiger partial charge in [-0.15, -0.1) is 0 Å². The van der Waals surface area contributed by atoms with E-state index in [9.17, 15) is 18.0 Å². The third-order valence-electron chi connectivity index (χ3n) is 5.68. The highest BCUT2D eigenvalue weighted by Gasteiger charge is 2.18. The fourth-order valence-electron chi connectivity index (χ4n) is 3.76. The number of rotatable bonds is 9. The number of nitrogens with one attached hydrogen (secondary N) is 2. The summed E-state index contributed by atoms with van der Waals surface area (Å²) in [6.45, 7) is 1.71. The molecule has 0 radical (unpaired) electrons. The fraction of sp³-hybridized carbons (Fsp3) is 0.103. The Hall–Kier alpha value is -4.27. The Kier molecular flexibility index (Phi) is 8.12. The van der Waals surface area contributed by atoms with Gasteiger partial charge in [-0.25, -0.2) is 17.9 Å². The molecule has 0 fully saturated rings. The number of para-hydroxylation sites is 1. The van der Waals surface area contributed by atoms with Crippen LogP contribution in [0.3, 0.4) is 0 Å². The standard InChI is InChI=1S/C29H26N2O5S/c1-21(32)23-13-9-14-25(18-23)37(34,35)31-20-24-12-5-6-15-26(24)27-16-7-8-17-28(27)36-29(33)30-19-22-10-3-2-4-11-22/h2-18,31H,19-20H2,1H3,(H,30,33). The molecule has 0 saturated heterocycles. The van der Waals surface area contributed by atoms with Gasteiger partial charge in [0.05, 0.1) is 4.90 Å². The van der Waals surface area contributed by atoms with E-state index in [0.29, 0.717) is 34.5 Å². The molecule has 2 N–H and O–H groups in total. The van der Waals surface area contributed by atoms with Crippen LogP contribution in [0.1, 0.15) is 28.4 Å². The van der Waals surface area contributed by atoms with Crippen molar-refractivity contribution in [2.75, 3.05) is 0 Å². The van der Waals surface area contributed by atoms with Gasteiger partial charge in [0.15, 0.2) is 5.78 Å². The van der Waals surface area contributed by atoms with Crippen LogP contribution in [0, 0.1) is 0 Å². The molecule has 0 unspecified atom stereocenters. The first-order valence-electron chi connectivity index (χ1n) is 11.6. The van der Waals surface area contributed by atoms with E-state index in [1.165, 1.54) is 25.1 Å². The number of ketones is 1. The monoisotopic (exact) mass is 514 g/mol. The topological polar surface area (TPSA) is 102 Å². The lowest BCUT2D eigenvalue weighted by atomic mass is 9.99. The molecular weight excluding hydrogens is 488 g/mol. The summed E-state index contributed by atoms with van der Waals surface area (Å²) in [6.07, 6.45) is -0.597. The minimum Gasteiger partial charge on any atom is -0.410 e. The molecule has 37 heavy (non-hydrogen) atoms. The lowest BCUT2D eigenvalue weighted by molar-refractivity contribution is 0.101. The van der Waals surface area contributed by atoms with Crippen molar-refractivity contribution in [3.8, 4) is 16.9 Å². The molecule has 0 aliphatic carbocycles. The largest absolute Gasteiger partial charge is 0.412 e. The van der Waals surface area contributed by atoms with Crippen molar-refractivity contribution in [1.82, 2.24) is 10.0 Å². The molecule has 188 valence electrons. The Morgan fingerprint density at radius 2 is 1.43 bits per heavy atom. The van der Waals surface area contributed by atoms with Crippen LogP contribution < -0.4 is 14.8 Å². The summed E-state index contributed by atoms with van der Waals surface area (Å²) in [4.78, 5) is 24.2. The van der Waals surface area contributed by atoms with Gasteiger partial charge < -0.3 is 10.1 Å². The molecule has 0 saturated carbocycles. The molecular formula is C29H26N2O5S. The number of carbonyl (C=O) groups is 2. The van der Waals surface area contributed by atoms with Gasteiger partial charge in [0.2, 0.25) is 10.0 Å². The van der Waals surface area contributed by atoms with Crippen LogP contribution in [0.25, 0.3) is 11.1 Å². The van der Waals surface area contributed by atoms with Crippen molar-refractivity contribution in [3.05, 3.63) is 120 Å². The summed E-state index contributed by atoms with van der Waals surface area (Å²) in [6, 6.07) is 29.7. The van der Waals surface area contributed by atoms with Gasteiger partial charge >= 0.3 is 6.09 Å². The van der Waals surface area contributed by atoms with Crippen molar-refractivity contribution in [1.29, 1.82) is 0 Å². The number of sulfonamides is 1. The molecule has 1 amide bonds. The Balaban J connectivity index is 1.52. The normalized spacial score (nSPS) is 11.1. The quantitative estimate of drug-likeness (QED) is 0.294. The van der Waals surface area contributed by atoms with Crippen LogP contribution in [0.4, 0.5) is 4.79 Å². The highest BCUT2D eigenvalue weighted by atomic mass is 32.2. The Morgan fingerprint density at radius 1 is 0.757 bits per heavy atom. The SMILES string of the molecule is CC(=O)c1cccc(S(=O)(=O)NCc2ccccc2-c2ccccc2OC(=O)NCc2ccccc2)c1. The molecule has 8 heteroatoms. The van der Waals surface area contributed by atoms with Crippen LogP contribution >= 0.6 is 0 Å². The minimum absolute atomic E-state index is 0.00264. The van der Waals surface area contributed by atoms with Gasteiger partial charge in [0.1, 0.15) is 5.75 Å². The number of hydrogen-bond donors (Lipinski definition) is 2. The van der Waals surface area contributed by atoms with Crippen LogP contribution in [0.15, 0.2) is 108 Å². The van der Waals surface area contributed by atoms with Crippen molar-refractivity contribution in [3.63, 3.8) is 0 Å². The first-order chi connectivity index (χ1) is 17.8. The zero-order chi connectivity index (χ0) is 26.3. The van der Waals surface area contributed by atoms with Crippen molar-refractivity contribution in [2.45, 2.75) is 24.9 Å². The van der Waals surface area contributed by atoms with E-state index in [1.54, 1.807) is 30.3 Å². The number of Topliss-reactive ketones (excluding diaryl/α,β-unsaturated/α-hetero) is 1. The molecule has 0 aliphatic heterocycles. The maximum atomic E-state index is 12.9. The summed E-state index contributed by atoms with van der Waals surface area (Å²) >= 11 is 0. The molecule has 0 atom stereocenters. The molecule has 0 aromatic heterocycles. The van der Waals surface area contributed by atoms with Gasteiger partial charge in [-0.05, 0) is 41.8 Å². The van der Waals surface area contributed by atoms with E-state index in [1.807, 2.05) is 54.6 Å². The molecule has 7 nitrogen and oxygen atoms in total. The first-order valence-corrected chi connectivity index (χ1v) is 13.1. The summed E-state index contributed by atoms with van der Waals surface area (Å²) < 4.78 is 34.1. The second-order valence-corrected chi connectivity index (χ2v) is 10.1. The number of hydrogen-bond acceptors (Lipinski definition) is 5. The second-order valence-electron chi connectivity index (χ2n) is 8.29. The fourth-order valence-corrected chi connectivity index (χ4v) is 4.81.